The Hall–Kier alpha value is -3.14. The van der Waals surface area contributed by atoms with Crippen molar-refractivity contribution in [3.05, 3.63) is 72.7 Å². The highest BCUT2D eigenvalue weighted by atomic mass is 15.1. The Balaban J connectivity index is 2.04. The first kappa shape index (κ1) is 15.4. The summed E-state index contributed by atoms with van der Waals surface area (Å²) in [5.41, 5.74) is 5.53. The highest BCUT2D eigenvalue weighted by Crippen LogP contribution is 2.35. The summed E-state index contributed by atoms with van der Waals surface area (Å²) in [7, 11) is 0. The lowest BCUT2D eigenvalue weighted by Gasteiger charge is -2.07. The molecule has 0 amide bonds. The van der Waals surface area contributed by atoms with Gasteiger partial charge in [0.15, 0.2) is 5.65 Å². The zero-order valence-electron chi connectivity index (χ0n) is 14.4. The number of hydrogen-bond acceptors (Lipinski definition) is 3. The second-order valence-electron chi connectivity index (χ2n) is 6.07. The van der Waals surface area contributed by atoms with Crippen LogP contribution in [-0.4, -0.2) is 21.1 Å². The number of rotatable bonds is 4. The average Bonchev–Trinajstić information content (AvgIpc) is 3.03. The Morgan fingerprint density at radius 3 is 2.60 bits per heavy atom. The third kappa shape index (κ3) is 2.76. The van der Waals surface area contributed by atoms with Gasteiger partial charge in [0.1, 0.15) is 12.1 Å². The summed E-state index contributed by atoms with van der Waals surface area (Å²) >= 11 is 0. The summed E-state index contributed by atoms with van der Waals surface area (Å²) in [6.07, 6.45) is 3.78. The van der Waals surface area contributed by atoms with Crippen molar-refractivity contribution in [2.75, 3.05) is 11.9 Å². The number of aromatic nitrogens is 3. The van der Waals surface area contributed by atoms with E-state index in [9.17, 15) is 0 Å². The predicted octanol–water partition coefficient (Wildman–Crippen LogP) is 4.83. The van der Waals surface area contributed by atoms with Crippen LogP contribution in [0.4, 0.5) is 5.82 Å². The van der Waals surface area contributed by atoms with Crippen molar-refractivity contribution in [3.63, 3.8) is 0 Å². The zero-order valence-corrected chi connectivity index (χ0v) is 14.4. The van der Waals surface area contributed by atoms with E-state index >= 15 is 0 Å². The molecule has 124 valence electrons. The number of benzene rings is 2. The number of nitrogens with zero attached hydrogens (tertiary/aromatic N) is 3. The summed E-state index contributed by atoms with van der Waals surface area (Å²) in [6.45, 7) is 5.00. The first-order valence-corrected chi connectivity index (χ1v) is 8.50. The fraction of sp³-hybridized carbons (Fsp3) is 0.143. The first-order valence-electron chi connectivity index (χ1n) is 8.50. The molecule has 1 N–H and O–H groups in total. The summed E-state index contributed by atoms with van der Waals surface area (Å²) in [4.78, 5) is 9.06. The van der Waals surface area contributed by atoms with Crippen LogP contribution in [0.3, 0.4) is 0 Å². The summed E-state index contributed by atoms with van der Waals surface area (Å²) in [5.74, 6) is 0.873. The van der Waals surface area contributed by atoms with Gasteiger partial charge in [0.2, 0.25) is 0 Å². The molecule has 2 heterocycles. The fourth-order valence-corrected chi connectivity index (χ4v) is 3.17. The Labute approximate surface area is 147 Å². The predicted molar refractivity (Wildman–Crippen MR) is 103 cm³/mol. The lowest BCUT2D eigenvalue weighted by atomic mass is 10.1. The molecule has 0 radical (unpaired) electrons. The van der Waals surface area contributed by atoms with Gasteiger partial charge in [0, 0.05) is 24.0 Å². The molecule has 0 fully saturated rings. The van der Waals surface area contributed by atoms with E-state index in [1.165, 1.54) is 5.56 Å². The normalized spacial score (nSPS) is 11.0. The maximum atomic E-state index is 4.59. The van der Waals surface area contributed by atoms with Crippen LogP contribution in [0.1, 0.15) is 12.5 Å². The smallest absolute Gasteiger partial charge is 0.150 e. The van der Waals surface area contributed by atoms with E-state index in [-0.39, 0.29) is 0 Å². The van der Waals surface area contributed by atoms with Crippen LogP contribution in [0.2, 0.25) is 0 Å². The highest BCUT2D eigenvalue weighted by Gasteiger charge is 2.16. The van der Waals surface area contributed by atoms with E-state index < -0.39 is 0 Å². The lowest BCUT2D eigenvalue weighted by molar-refractivity contribution is 1.07. The SMILES string of the molecule is CCNc1ncnc2c1c(-c1ccccc1)cn2-c1cccc(C)c1. The molecule has 4 nitrogen and oxygen atoms in total. The second kappa shape index (κ2) is 6.40. The molecule has 0 atom stereocenters. The third-order valence-corrected chi connectivity index (χ3v) is 4.29. The summed E-state index contributed by atoms with van der Waals surface area (Å²) in [6, 6.07) is 18.8. The number of anilines is 1. The van der Waals surface area contributed by atoms with Crippen molar-refractivity contribution in [1.82, 2.24) is 14.5 Å². The molecule has 0 spiro atoms. The average molecular weight is 328 g/mol. The van der Waals surface area contributed by atoms with Gasteiger partial charge in [-0.25, -0.2) is 9.97 Å². The first-order chi connectivity index (χ1) is 12.3. The molecule has 4 aromatic rings. The van der Waals surface area contributed by atoms with Gasteiger partial charge in [-0.15, -0.1) is 0 Å². The number of fused-ring (bicyclic) bond motifs is 1. The van der Waals surface area contributed by atoms with E-state index in [4.69, 9.17) is 0 Å². The largest absolute Gasteiger partial charge is 0.370 e. The lowest BCUT2D eigenvalue weighted by Crippen LogP contribution is -2.01. The molecule has 0 aliphatic heterocycles. The molecular weight excluding hydrogens is 308 g/mol. The van der Waals surface area contributed by atoms with Crippen LogP contribution >= 0.6 is 0 Å². The standard InChI is InChI=1S/C21H20N4/c1-3-22-20-19-18(16-9-5-4-6-10-16)13-25(21(19)24-14-23-20)17-11-7-8-15(2)12-17/h4-14H,3H2,1-2H3,(H,22,23,24). The molecule has 2 aromatic heterocycles. The van der Waals surface area contributed by atoms with Gasteiger partial charge in [-0.2, -0.15) is 0 Å². The van der Waals surface area contributed by atoms with Gasteiger partial charge < -0.3 is 9.88 Å². The Bertz CT molecular complexity index is 1020. The van der Waals surface area contributed by atoms with E-state index in [0.717, 1.165) is 40.2 Å². The summed E-state index contributed by atoms with van der Waals surface area (Å²) < 4.78 is 2.15. The third-order valence-electron chi connectivity index (χ3n) is 4.29. The van der Waals surface area contributed by atoms with Crippen molar-refractivity contribution >= 4 is 16.9 Å². The van der Waals surface area contributed by atoms with E-state index in [1.54, 1.807) is 6.33 Å². The molecule has 0 saturated heterocycles. The minimum absolute atomic E-state index is 0.815. The Kier molecular flexibility index (Phi) is 3.94. The molecule has 0 aliphatic carbocycles. The second-order valence-corrected chi connectivity index (χ2v) is 6.07. The topological polar surface area (TPSA) is 42.7 Å². The minimum Gasteiger partial charge on any atom is -0.370 e. The monoisotopic (exact) mass is 328 g/mol. The van der Waals surface area contributed by atoms with Gasteiger partial charge in [-0.05, 0) is 37.1 Å². The molecule has 0 unspecified atom stereocenters. The Morgan fingerprint density at radius 2 is 1.84 bits per heavy atom. The summed E-state index contributed by atoms with van der Waals surface area (Å²) in [5, 5.41) is 4.43. The minimum atomic E-state index is 0.815. The van der Waals surface area contributed by atoms with E-state index in [1.807, 2.05) is 6.07 Å². The molecular formula is C21H20N4. The van der Waals surface area contributed by atoms with Crippen LogP contribution in [-0.2, 0) is 0 Å². The molecule has 2 aromatic carbocycles. The zero-order chi connectivity index (χ0) is 17.2. The van der Waals surface area contributed by atoms with Gasteiger partial charge in [-0.1, -0.05) is 42.5 Å². The van der Waals surface area contributed by atoms with Crippen LogP contribution in [0, 0.1) is 6.92 Å². The van der Waals surface area contributed by atoms with E-state index in [2.05, 4.69) is 88.4 Å². The molecule has 4 rings (SSSR count). The molecule has 25 heavy (non-hydrogen) atoms. The van der Waals surface area contributed by atoms with Crippen LogP contribution < -0.4 is 5.32 Å². The highest BCUT2D eigenvalue weighted by molar-refractivity contribution is 6.02. The van der Waals surface area contributed by atoms with Crippen molar-refractivity contribution in [2.45, 2.75) is 13.8 Å². The maximum Gasteiger partial charge on any atom is 0.150 e. The van der Waals surface area contributed by atoms with Gasteiger partial charge in [-0.3, -0.25) is 0 Å². The number of hydrogen-bond donors (Lipinski definition) is 1. The van der Waals surface area contributed by atoms with Crippen LogP contribution in [0.25, 0.3) is 27.8 Å². The van der Waals surface area contributed by atoms with Crippen molar-refractivity contribution < 1.29 is 0 Å². The molecule has 0 bridgehead atoms. The Morgan fingerprint density at radius 1 is 1.00 bits per heavy atom. The van der Waals surface area contributed by atoms with E-state index in [0.29, 0.717) is 0 Å². The van der Waals surface area contributed by atoms with Gasteiger partial charge >= 0.3 is 0 Å². The van der Waals surface area contributed by atoms with Crippen molar-refractivity contribution in [3.8, 4) is 16.8 Å². The number of aryl methyl sites for hydroxylation is 1. The maximum absolute atomic E-state index is 4.59. The van der Waals surface area contributed by atoms with Crippen LogP contribution in [0.15, 0.2) is 67.1 Å². The van der Waals surface area contributed by atoms with Crippen molar-refractivity contribution in [2.24, 2.45) is 0 Å². The number of nitrogens with one attached hydrogen (secondary N) is 1. The molecule has 0 saturated carbocycles. The van der Waals surface area contributed by atoms with Crippen LogP contribution in [0.5, 0.6) is 0 Å². The van der Waals surface area contributed by atoms with Crippen molar-refractivity contribution in [1.29, 1.82) is 0 Å². The van der Waals surface area contributed by atoms with Gasteiger partial charge in [0.25, 0.3) is 0 Å². The van der Waals surface area contributed by atoms with Gasteiger partial charge in [0.05, 0.1) is 5.39 Å². The molecule has 0 aliphatic rings. The fourth-order valence-electron chi connectivity index (χ4n) is 3.17. The molecule has 4 heteroatoms. The quantitative estimate of drug-likeness (QED) is 0.583.